The number of carbonyl (C=O) groups excluding carboxylic acids is 2. The van der Waals surface area contributed by atoms with Crippen LogP contribution in [0.3, 0.4) is 0 Å². The van der Waals surface area contributed by atoms with E-state index >= 15 is 0 Å². The second-order valence-electron chi connectivity index (χ2n) is 5.90. The average molecular weight is 348 g/mol. The van der Waals surface area contributed by atoms with Crippen molar-refractivity contribution in [1.82, 2.24) is 15.1 Å². The Morgan fingerprint density at radius 3 is 2.19 bits per heavy atom. The third-order valence-corrected chi connectivity index (χ3v) is 4.15. The van der Waals surface area contributed by atoms with Gasteiger partial charge in [0.2, 0.25) is 0 Å². The number of aryl methyl sites for hydroxylation is 1. The minimum absolute atomic E-state index is 0.168. The summed E-state index contributed by atoms with van der Waals surface area (Å²) in [5.74, 6) is -0.395. The normalized spacial score (nSPS) is 10.4. The fourth-order valence-electron chi connectivity index (χ4n) is 2.83. The quantitative estimate of drug-likeness (QED) is 0.761. The number of nitrogens with one attached hydrogen (secondary N) is 2. The molecule has 3 rings (SSSR count). The Kier molecular flexibility index (Phi) is 4.84. The summed E-state index contributed by atoms with van der Waals surface area (Å²) >= 11 is 0. The Labute approximate surface area is 151 Å². The second-order valence-corrected chi connectivity index (χ2v) is 5.90. The van der Waals surface area contributed by atoms with Crippen molar-refractivity contribution in [2.45, 2.75) is 13.8 Å². The van der Waals surface area contributed by atoms with Crippen LogP contribution in [-0.4, -0.2) is 28.6 Å². The van der Waals surface area contributed by atoms with Crippen LogP contribution >= 0.6 is 0 Å². The van der Waals surface area contributed by atoms with Gasteiger partial charge in [0.25, 0.3) is 11.8 Å². The van der Waals surface area contributed by atoms with Crippen molar-refractivity contribution in [2.75, 3.05) is 12.4 Å². The molecule has 0 saturated carbocycles. The highest BCUT2D eigenvalue weighted by Crippen LogP contribution is 2.19. The van der Waals surface area contributed by atoms with E-state index < -0.39 is 0 Å². The maximum Gasteiger partial charge on any atom is 0.259 e. The van der Waals surface area contributed by atoms with Gasteiger partial charge in [0.15, 0.2) is 0 Å². The largest absolute Gasteiger partial charge is 0.355 e. The standard InChI is InChI=1S/C20H20N4O2/c1-13-18(14(2)24(23-13)17-7-5-4-6-8-17)20(26)22-16-11-9-15(10-12-16)19(25)21-3/h4-12H,1-3H3,(H,21,25)(H,22,26). The summed E-state index contributed by atoms with van der Waals surface area (Å²) in [4.78, 5) is 24.3. The molecule has 1 heterocycles. The summed E-state index contributed by atoms with van der Waals surface area (Å²) in [5.41, 5.74) is 4.04. The molecule has 2 aromatic carbocycles. The lowest BCUT2D eigenvalue weighted by Gasteiger charge is -2.07. The number of hydrogen-bond donors (Lipinski definition) is 2. The monoisotopic (exact) mass is 348 g/mol. The van der Waals surface area contributed by atoms with Crippen LogP contribution in [0.2, 0.25) is 0 Å². The SMILES string of the molecule is CNC(=O)c1ccc(NC(=O)c2c(C)nn(-c3ccccc3)c2C)cc1. The van der Waals surface area contributed by atoms with Crippen LogP contribution in [0.4, 0.5) is 5.69 Å². The van der Waals surface area contributed by atoms with Crippen molar-refractivity contribution in [3.8, 4) is 5.69 Å². The Morgan fingerprint density at radius 2 is 1.58 bits per heavy atom. The molecule has 6 nitrogen and oxygen atoms in total. The molecule has 0 spiro atoms. The minimum Gasteiger partial charge on any atom is -0.355 e. The van der Waals surface area contributed by atoms with E-state index in [1.807, 2.05) is 44.2 Å². The van der Waals surface area contributed by atoms with Crippen molar-refractivity contribution in [2.24, 2.45) is 0 Å². The molecular formula is C20H20N4O2. The number of anilines is 1. The maximum absolute atomic E-state index is 12.7. The molecule has 0 bridgehead atoms. The van der Waals surface area contributed by atoms with Gasteiger partial charge in [-0.05, 0) is 50.2 Å². The zero-order valence-electron chi connectivity index (χ0n) is 14.9. The van der Waals surface area contributed by atoms with Gasteiger partial charge in [0.05, 0.1) is 22.6 Å². The molecule has 0 aliphatic heterocycles. The van der Waals surface area contributed by atoms with E-state index in [4.69, 9.17) is 0 Å². The number of amides is 2. The van der Waals surface area contributed by atoms with Gasteiger partial charge in [-0.1, -0.05) is 18.2 Å². The van der Waals surface area contributed by atoms with Crippen LogP contribution in [-0.2, 0) is 0 Å². The smallest absolute Gasteiger partial charge is 0.259 e. The topological polar surface area (TPSA) is 76.0 Å². The third kappa shape index (κ3) is 3.35. The van der Waals surface area contributed by atoms with Gasteiger partial charge >= 0.3 is 0 Å². The van der Waals surface area contributed by atoms with E-state index in [1.165, 1.54) is 0 Å². The van der Waals surface area contributed by atoms with Gasteiger partial charge in [-0.2, -0.15) is 5.10 Å². The molecule has 0 aliphatic carbocycles. The zero-order valence-corrected chi connectivity index (χ0v) is 14.9. The fourth-order valence-corrected chi connectivity index (χ4v) is 2.83. The lowest BCUT2D eigenvalue weighted by Crippen LogP contribution is -2.18. The van der Waals surface area contributed by atoms with E-state index in [2.05, 4.69) is 15.7 Å². The maximum atomic E-state index is 12.7. The van der Waals surface area contributed by atoms with Gasteiger partial charge in [-0.15, -0.1) is 0 Å². The summed E-state index contributed by atoms with van der Waals surface area (Å²) in [6, 6.07) is 16.4. The lowest BCUT2D eigenvalue weighted by atomic mass is 10.1. The van der Waals surface area contributed by atoms with E-state index in [0.717, 1.165) is 11.4 Å². The van der Waals surface area contributed by atoms with Crippen LogP contribution in [0.25, 0.3) is 5.69 Å². The van der Waals surface area contributed by atoms with Crippen LogP contribution in [0, 0.1) is 13.8 Å². The lowest BCUT2D eigenvalue weighted by molar-refractivity contribution is 0.0962. The number of hydrogen-bond acceptors (Lipinski definition) is 3. The predicted octanol–water partition coefficient (Wildman–Crippen LogP) is 3.10. The summed E-state index contributed by atoms with van der Waals surface area (Å²) in [6.45, 7) is 3.69. The molecule has 2 amide bonds. The highest BCUT2D eigenvalue weighted by atomic mass is 16.2. The fraction of sp³-hybridized carbons (Fsp3) is 0.150. The first-order chi connectivity index (χ1) is 12.5. The molecule has 0 atom stereocenters. The molecule has 26 heavy (non-hydrogen) atoms. The van der Waals surface area contributed by atoms with Crippen molar-refractivity contribution < 1.29 is 9.59 Å². The highest BCUT2D eigenvalue weighted by Gasteiger charge is 2.19. The predicted molar refractivity (Wildman–Crippen MR) is 101 cm³/mol. The zero-order chi connectivity index (χ0) is 18.7. The number of para-hydroxylation sites is 1. The molecule has 6 heteroatoms. The molecule has 3 aromatic rings. The van der Waals surface area contributed by atoms with Crippen molar-refractivity contribution >= 4 is 17.5 Å². The Hall–Kier alpha value is -3.41. The van der Waals surface area contributed by atoms with E-state index in [-0.39, 0.29) is 11.8 Å². The summed E-state index contributed by atoms with van der Waals surface area (Å²) in [7, 11) is 1.58. The minimum atomic E-state index is -0.227. The number of aromatic nitrogens is 2. The Morgan fingerprint density at radius 1 is 0.923 bits per heavy atom. The third-order valence-electron chi connectivity index (χ3n) is 4.15. The Balaban J connectivity index is 1.84. The van der Waals surface area contributed by atoms with Gasteiger partial charge in [-0.3, -0.25) is 9.59 Å². The van der Waals surface area contributed by atoms with Gasteiger partial charge in [0, 0.05) is 18.3 Å². The summed E-state index contributed by atoms with van der Waals surface area (Å²) in [6.07, 6.45) is 0. The summed E-state index contributed by atoms with van der Waals surface area (Å²) < 4.78 is 1.76. The van der Waals surface area contributed by atoms with Crippen LogP contribution in [0.5, 0.6) is 0 Å². The van der Waals surface area contributed by atoms with E-state index in [9.17, 15) is 9.59 Å². The molecule has 2 N–H and O–H groups in total. The molecule has 0 unspecified atom stereocenters. The number of nitrogens with zero attached hydrogens (tertiary/aromatic N) is 2. The molecule has 0 saturated heterocycles. The van der Waals surface area contributed by atoms with Gasteiger partial charge in [0.1, 0.15) is 0 Å². The van der Waals surface area contributed by atoms with Crippen LogP contribution < -0.4 is 10.6 Å². The first kappa shape index (κ1) is 17.4. The molecule has 1 aromatic heterocycles. The number of benzene rings is 2. The van der Waals surface area contributed by atoms with Crippen molar-refractivity contribution in [3.05, 3.63) is 77.1 Å². The number of carbonyl (C=O) groups is 2. The summed E-state index contributed by atoms with van der Waals surface area (Å²) in [5, 5.41) is 9.92. The van der Waals surface area contributed by atoms with Crippen molar-refractivity contribution in [1.29, 1.82) is 0 Å². The average Bonchev–Trinajstić information content (AvgIpc) is 2.96. The van der Waals surface area contributed by atoms with E-state index in [0.29, 0.717) is 22.5 Å². The first-order valence-electron chi connectivity index (χ1n) is 8.26. The molecule has 0 radical (unpaired) electrons. The molecule has 0 fully saturated rings. The molecule has 0 aliphatic rings. The van der Waals surface area contributed by atoms with Crippen molar-refractivity contribution in [3.63, 3.8) is 0 Å². The number of rotatable bonds is 4. The van der Waals surface area contributed by atoms with Crippen LogP contribution in [0.15, 0.2) is 54.6 Å². The van der Waals surface area contributed by atoms with Crippen LogP contribution in [0.1, 0.15) is 32.1 Å². The van der Waals surface area contributed by atoms with Gasteiger partial charge in [-0.25, -0.2) is 4.68 Å². The molecular weight excluding hydrogens is 328 g/mol. The highest BCUT2D eigenvalue weighted by molar-refractivity contribution is 6.06. The molecule has 132 valence electrons. The van der Waals surface area contributed by atoms with Gasteiger partial charge < -0.3 is 10.6 Å². The Bertz CT molecular complexity index is 944. The first-order valence-corrected chi connectivity index (χ1v) is 8.26. The van der Waals surface area contributed by atoms with E-state index in [1.54, 1.807) is 36.0 Å². The second kappa shape index (κ2) is 7.23.